The molecule has 0 aliphatic carbocycles. The summed E-state index contributed by atoms with van der Waals surface area (Å²) in [6.45, 7) is 6.08. The van der Waals surface area contributed by atoms with Gasteiger partial charge in [-0.2, -0.15) is 0 Å². The van der Waals surface area contributed by atoms with Gasteiger partial charge in [-0.15, -0.1) is 21.5 Å². The van der Waals surface area contributed by atoms with E-state index in [2.05, 4.69) is 32.3 Å². The molecule has 5 rings (SSSR count). The van der Waals surface area contributed by atoms with E-state index in [0.29, 0.717) is 29.5 Å². The van der Waals surface area contributed by atoms with Crippen LogP contribution in [-0.2, 0) is 11.2 Å². The van der Waals surface area contributed by atoms with Crippen molar-refractivity contribution in [2.45, 2.75) is 52.0 Å². The monoisotopic (exact) mass is 530 g/mol. The molecular formula is C28H30N6O3S. The number of aromatic nitrogens is 4. The third kappa shape index (κ3) is 5.35. The number of pyridine rings is 1. The number of amides is 2. The van der Waals surface area contributed by atoms with Crippen LogP contribution in [0.3, 0.4) is 0 Å². The number of likely N-dealkylation sites (tertiary alicyclic amines) is 1. The number of aryl methyl sites for hydroxylation is 1. The summed E-state index contributed by atoms with van der Waals surface area (Å²) in [4.78, 5) is 38.4. The van der Waals surface area contributed by atoms with Gasteiger partial charge in [0.1, 0.15) is 16.5 Å². The van der Waals surface area contributed by atoms with Gasteiger partial charge in [-0.05, 0) is 43.9 Å². The van der Waals surface area contributed by atoms with Crippen LogP contribution in [-0.4, -0.2) is 50.5 Å². The summed E-state index contributed by atoms with van der Waals surface area (Å²) in [6.07, 6.45) is 2.52. The minimum Gasteiger partial charge on any atom is -0.419 e. The van der Waals surface area contributed by atoms with Gasteiger partial charge in [-0.3, -0.25) is 9.59 Å². The SMILES string of the molecule is CC(=O)N(C)c1cc(C(=O)N2CCC[C@@H]2c2nc(C)cs2)cc(-c2nnc([C@@H](C)Cc3ccccc3)o2)n1. The molecule has 1 aromatic carbocycles. The quantitative estimate of drug-likeness (QED) is 0.323. The predicted molar refractivity (Wildman–Crippen MR) is 145 cm³/mol. The molecule has 4 heterocycles. The molecule has 2 amide bonds. The van der Waals surface area contributed by atoms with Crippen LogP contribution in [0.1, 0.15) is 71.2 Å². The van der Waals surface area contributed by atoms with Gasteiger partial charge in [0.2, 0.25) is 11.8 Å². The van der Waals surface area contributed by atoms with Crippen molar-refractivity contribution in [3.05, 3.63) is 75.6 Å². The van der Waals surface area contributed by atoms with Crippen molar-refractivity contribution in [3.8, 4) is 11.6 Å². The van der Waals surface area contributed by atoms with Gasteiger partial charge >= 0.3 is 0 Å². The number of nitrogens with zero attached hydrogens (tertiary/aromatic N) is 6. The van der Waals surface area contributed by atoms with Crippen molar-refractivity contribution in [1.82, 2.24) is 25.1 Å². The van der Waals surface area contributed by atoms with Crippen LogP contribution < -0.4 is 4.90 Å². The van der Waals surface area contributed by atoms with Crippen LogP contribution in [0.15, 0.2) is 52.3 Å². The Bertz CT molecular complexity index is 1450. The number of hydrogen-bond acceptors (Lipinski definition) is 8. The zero-order valence-corrected chi connectivity index (χ0v) is 22.7. The molecule has 9 nitrogen and oxygen atoms in total. The van der Waals surface area contributed by atoms with Crippen LogP contribution in [0.4, 0.5) is 5.82 Å². The summed E-state index contributed by atoms with van der Waals surface area (Å²) >= 11 is 1.58. The van der Waals surface area contributed by atoms with Gasteiger partial charge in [0.25, 0.3) is 11.8 Å². The fourth-order valence-electron chi connectivity index (χ4n) is 4.63. The molecule has 1 saturated heterocycles. The second-order valence-corrected chi connectivity index (χ2v) is 10.6. The minimum absolute atomic E-state index is 0.00469. The Morgan fingerprint density at radius 1 is 1.18 bits per heavy atom. The molecule has 2 atom stereocenters. The summed E-state index contributed by atoms with van der Waals surface area (Å²) in [5.41, 5.74) is 2.89. The maximum absolute atomic E-state index is 13.8. The third-order valence-electron chi connectivity index (χ3n) is 6.78. The highest BCUT2D eigenvalue weighted by Crippen LogP contribution is 2.35. The first-order chi connectivity index (χ1) is 18.3. The Kier molecular flexibility index (Phi) is 7.33. The highest BCUT2D eigenvalue weighted by Gasteiger charge is 2.33. The second-order valence-electron chi connectivity index (χ2n) is 9.70. The Morgan fingerprint density at radius 3 is 2.68 bits per heavy atom. The zero-order chi connectivity index (χ0) is 26.8. The van der Waals surface area contributed by atoms with Gasteiger partial charge in [-0.1, -0.05) is 37.3 Å². The summed E-state index contributed by atoms with van der Waals surface area (Å²) in [7, 11) is 1.63. The number of carbonyl (C=O) groups excluding carboxylic acids is 2. The molecule has 0 radical (unpaired) electrons. The zero-order valence-electron chi connectivity index (χ0n) is 21.9. The largest absolute Gasteiger partial charge is 0.419 e. The van der Waals surface area contributed by atoms with Crippen molar-refractivity contribution in [2.75, 3.05) is 18.5 Å². The third-order valence-corrected chi connectivity index (χ3v) is 7.84. The Morgan fingerprint density at radius 2 is 1.97 bits per heavy atom. The average Bonchev–Trinajstić information content (AvgIpc) is 3.69. The molecule has 1 aliphatic heterocycles. The molecule has 10 heteroatoms. The molecule has 4 aromatic rings. The molecule has 38 heavy (non-hydrogen) atoms. The first-order valence-corrected chi connectivity index (χ1v) is 13.5. The maximum atomic E-state index is 13.8. The molecule has 1 aliphatic rings. The van der Waals surface area contributed by atoms with Crippen LogP contribution in [0, 0.1) is 6.92 Å². The second kappa shape index (κ2) is 10.8. The van der Waals surface area contributed by atoms with E-state index < -0.39 is 0 Å². The lowest BCUT2D eigenvalue weighted by atomic mass is 10.0. The number of anilines is 1. The van der Waals surface area contributed by atoms with E-state index in [1.54, 1.807) is 30.5 Å². The molecule has 196 valence electrons. The first kappa shape index (κ1) is 25.7. The van der Waals surface area contributed by atoms with Crippen LogP contribution in [0.2, 0.25) is 0 Å². The topological polar surface area (TPSA) is 105 Å². The van der Waals surface area contributed by atoms with E-state index in [0.717, 1.165) is 30.0 Å². The first-order valence-electron chi connectivity index (χ1n) is 12.7. The maximum Gasteiger partial charge on any atom is 0.266 e. The Balaban J connectivity index is 1.46. The van der Waals surface area contributed by atoms with E-state index in [9.17, 15) is 9.59 Å². The molecule has 0 bridgehead atoms. The van der Waals surface area contributed by atoms with Gasteiger partial charge in [0.15, 0.2) is 0 Å². The predicted octanol–water partition coefficient (Wildman–Crippen LogP) is 5.20. The minimum atomic E-state index is -0.201. The lowest BCUT2D eigenvalue weighted by molar-refractivity contribution is -0.116. The van der Waals surface area contributed by atoms with Gasteiger partial charge in [0, 0.05) is 43.1 Å². The summed E-state index contributed by atoms with van der Waals surface area (Å²) in [5, 5.41) is 11.5. The van der Waals surface area contributed by atoms with E-state index >= 15 is 0 Å². The van der Waals surface area contributed by atoms with Crippen LogP contribution in [0.5, 0.6) is 0 Å². The van der Waals surface area contributed by atoms with Crippen LogP contribution in [0.25, 0.3) is 11.6 Å². The molecular weight excluding hydrogens is 500 g/mol. The number of carbonyl (C=O) groups is 2. The summed E-state index contributed by atoms with van der Waals surface area (Å²) in [5.74, 6) is 0.697. The summed E-state index contributed by atoms with van der Waals surface area (Å²) < 4.78 is 6.03. The molecule has 1 fully saturated rings. The van der Waals surface area contributed by atoms with Crippen molar-refractivity contribution in [1.29, 1.82) is 0 Å². The van der Waals surface area contributed by atoms with Crippen molar-refractivity contribution in [3.63, 3.8) is 0 Å². The van der Waals surface area contributed by atoms with Crippen molar-refractivity contribution < 1.29 is 14.0 Å². The van der Waals surface area contributed by atoms with Crippen LogP contribution >= 0.6 is 11.3 Å². The summed E-state index contributed by atoms with van der Waals surface area (Å²) in [6, 6.07) is 13.4. The van der Waals surface area contributed by atoms with Crippen molar-refractivity contribution in [2.24, 2.45) is 0 Å². The molecule has 3 aromatic heterocycles. The van der Waals surface area contributed by atoms with E-state index in [1.165, 1.54) is 17.4 Å². The number of hydrogen-bond donors (Lipinski definition) is 0. The number of benzene rings is 1. The molecule has 0 unspecified atom stereocenters. The Hall–Kier alpha value is -3.92. The Labute approximate surface area is 225 Å². The van der Waals surface area contributed by atoms with E-state index in [-0.39, 0.29) is 29.7 Å². The standard InChI is InChI=1S/C28H30N6O3S/c1-17(13-20-9-6-5-7-10-20)25-31-32-26(37-25)22-14-21(15-24(30-22)33(4)19(3)35)28(36)34-12-8-11-23(34)27-29-18(2)16-38-27/h5-7,9-10,14-17,23H,8,11-13H2,1-4H3/t17-,23+/m0/s1. The number of thiazole rings is 1. The lowest BCUT2D eigenvalue weighted by Gasteiger charge is -2.24. The normalized spacial score (nSPS) is 16.0. The average molecular weight is 531 g/mol. The fraction of sp³-hybridized carbons (Fsp3) is 0.357. The van der Waals surface area contributed by atoms with E-state index in [4.69, 9.17) is 4.42 Å². The highest BCUT2D eigenvalue weighted by molar-refractivity contribution is 7.09. The van der Waals surface area contributed by atoms with Gasteiger partial charge in [-0.25, -0.2) is 9.97 Å². The smallest absolute Gasteiger partial charge is 0.266 e. The van der Waals surface area contributed by atoms with Gasteiger partial charge in [0.05, 0.1) is 6.04 Å². The number of rotatable bonds is 7. The fourth-order valence-corrected chi connectivity index (χ4v) is 5.57. The molecule has 0 spiro atoms. The highest BCUT2D eigenvalue weighted by atomic mass is 32.1. The molecule has 0 saturated carbocycles. The lowest BCUT2D eigenvalue weighted by Crippen LogP contribution is -2.31. The van der Waals surface area contributed by atoms with Gasteiger partial charge < -0.3 is 14.2 Å². The van der Waals surface area contributed by atoms with E-state index in [1.807, 2.05) is 42.3 Å². The van der Waals surface area contributed by atoms with Crippen molar-refractivity contribution >= 4 is 29.0 Å². The molecule has 0 N–H and O–H groups in total.